The molecule has 0 amide bonds. The van der Waals surface area contributed by atoms with Crippen LogP contribution < -0.4 is 16.0 Å². The Morgan fingerprint density at radius 1 is 1.10 bits per heavy atom. The second-order valence-corrected chi connectivity index (χ2v) is 13.2. The molecule has 1 aliphatic rings. The number of aromatic nitrogens is 2. The van der Waals surface area contributed by atoms with Gasteiger partial charge in [0.1, 0.15) is 29.9 Å². The average molecular weight is 551 g/mol. The van der Waals surface area contributed by atoms with Crippen molar-refractivity contribution in [3.63, 3.8) is 0 Å². The highest BCUT2D eigenvalue weighted by Crippen LogP contribution is 2.32. The Morgan fingerprint density at radius 3 is 2.36 bits per heavy atom. The average Bonchev–Trinajstić information content (AvgIpc) is 3.15. The Labute approximate surface area is 235 Å². The molecular weight excluding hydrogens is 511 g/mol. The summed E-state index contributed by atoms with van der Waals surface area (Å²) >= 11 is 1.21. The van der Waals surface area contributed by atoms with E-state index in [-0.39, 0.29) is 12.6 Å². The van der Waals surface area contributed by atoms with Crippen LogP contribution in [0.5, 0.6) is 0 Å². The molecule has 208 valence electrons. The van der Waals surface area contributed by atoms with E-state index in [1.54, 1.807) is 46.1 Å². The molecule has 0 saturated heterocycles. The van der Waals surface area contributed by atoms with Crippen LogP contribution in [0.4, 0.5) is 0 Å². The van der Waals surface area contributed by atoms with Crippen molar-refractivity contribution in [2.75, 3.05) is 0 Å². The van der Waals surface area contributed by atoms with Gasteiger partial charge < -0.3 is 9.47 Å². The van der Waals surface area contributed by atoms with Gasteiger partial charge in [0, 0.05) is 0 Å². The zero-order chi connectivity index (χ0) is 28.7. The fourth-order valence-electron chi connectivity index (χ4n) is 5.27. The first kappa shape index (κ1) is 29.3. The first-order valence-corrected chi connectivity index (χ1v) is 14.5. The van der Waals surface area contributed by atoms with Crippen LogP contribution in [-0.2, 0) is 26.4 Å². The Hall–Kier alpha value is -2.65. The molecular formula is C30H39BN2O5S. The van der Waals surface area contributed by atoms with E-state index in [0.29, 0.717) is 26.5 Å². The number of aryl methyl sites for hydroxylation is 1. The first-order valence-electron chi connectivity index (χ1n) is 13.7. The minimum Gasteiger partial charge on any atom is -0.458 e. The molecule has 3 atom stereocenters. The zero-order valence-electron chi connectivity index (χ0n) is 24.1. The lowest BCUT2D eigenvalue weighted by Gasteiger charge is -2.33. The van der Waals surface area contributed by atoms with E-state index in [9.17, 15) is 14.4 Å². The molecule has 1 aliphatic carbocycles. The van der Waals surface area contributed by atoms with Crippen LogP contribution in [-0.4, -0.2) is 34.7 Å². The van der Waals surface area contributed by atoms with E-state index in [1.807, 2.05) is 30.3 Å². The van der Waals surface area contributed by atoms with Crippen molar-refractivity contribution in [3.8, 4) is 0 Å². The number of carbonyl (C=O) groups is 1. The third-order valence-electron chi connectivity index (χ3n) is 7.60. The second kappa shape index (κ2) is 11.1. The van der Waals surface area contributed by atoms with Crippen molar-refractivity contribution in [2.24, 2.45) is 5.92 Å². The molecule has 9 heteroatoms. The van der Waals surface area contributed by atoms with Crippen LogP contribution >= 0.6 is 11.3 Å². The van der Waals surface area contributed by atoms with Crippen LogP contribution in [0, 0.1) is 12.8 Å². The van der Waals surface area contributed by atoms with E-state index in [2.05, 4.69) is 6.92 Å². The third-order valence-corrected chi connectivity index (χ3v) is 8.74. The lowest BCUT2D eigenvalue weighted by molar-refractivity contribution is -0.164. The van der Waals surface area contributed by atoms with Gasteiger partial charge in [0.05, 0.1) is 18.0 Å². The van der Waals surface area contributed by atoms with E-state index in [4.69, 9.17) is 17.3 Å². The van der Waals surface area contributed by atoms with Gasteiger partial charge in [-0.05, 0) is 76.2 Å². The van der Waals surface area contributed by atoms with Crippen molar-refractivity contribution in [3.05, 3.63) is 62.3 Å². The summed E-state index contributed by atoms with van der Waals surface area (Å²) in [5, 5.41) is 0.339. The summed E-state index contributed by atoms with van der Waals surface area (Å²) in [5.41, 5.74) is -1.94. The molecule has 1 fully saturated rings. The zero-order valence-corrected chi connectivity index (χ0v) is 24.9. The van der Waals surface area contributed by atoms with Gasteiger partial charge in [-0.15, -0.1) is 11.3 Å². The molecule has 1 unspecified atom stereocenters. The highest BCUT2D eigenvalue weighted by Gasteiger charge is 2.39. The number of thiophene rings is 1. The highest BCUT2D eigenvalue weighted by atomic mass is 32.1. The smallest absolute Gasteiger partial charge is 0.333 e. The van der Waals surface area contributed by atoms with Gasteiger partial charge >= 0.3 is 11.7 Å². The minimum absolute atomic E-state index is 0.0643. The summed E-state index contributed by atoms with van der Waals surface area (Å²) in [7, 11) is 6.28. The number of hydrogen-bond donors (Lipinski definition) is 0. The number of hydrogen-bond acceptors (Lipinski definition) is 6. The molecule has 4 rings (SSSR count). The molecule has 2 radical (unpaired) electrons. The molecule has 1 aromatic carbocycles. The third kappa shape index (κ3) is 5.94. The largest absolute Gasteiger partial charge is 0.458 e. The number of esters is 1. The van der Waals surface area contributed by atoms with Crippen LogP contribution in [0.2, 0.25) is 0 Å². The second-order valence-electron chi connectivity index (χ2n) is 12.2. The van der Waals surface area contributed by atoms with Crippen molar-refractivity contribution in [1.29, 1.82) is 0 Å². The van der Waals surface area contributed by atoms with Gasteiger partial charge in [0.25, 0.3) is 5.56 Å². The Balaban J connectivity index is 1.90. The van der Waals surface area contributed by atoms with Crippen LogP contribution in [0.15, 0.2) is 39.9 Å². The number of carbonyl (C=O) groups excluding carboxylic acids is 1. The number of fused-ring (bicyclic) bond motifs is 1. The normalized spacial score (nSPS) is 19.3. The topological polar surface area (TPSA) is 79.5 Å². The summed E-state index contributed by atoms with van der Waals surface area (Å²) in [5.74, 6) is -0.255. The van der Waals surface area contributed by atoms with Crippen molar-refractivity contribution >= 4 is 40.1 Å². The predicted octanol–water partition coefficient (Wildman–Crippen LogP) is 4.74. The van der Waals surface area contributed by atoms with Crippen LogP contribution in [0.3, 0.4) is 0 Å². The molecule has 0 aliphatic heterocycles. The molecule has 0 bridgehead atoms. The van der Waals surface area contributed by atoms with Gasteiger partial charge in [-0.25, -0.2) is 14.2 Å². The number of benzene rings is 1. The summed E-state index contributed by atoms with van der Waals surface area (Å²) < 4.78 is 15.4. The quantitative estimate of drug-likeness (QED) is 0.314. The van der Waals surface area contributed by atoms with Gasteiger partial charge in [-0.3, -0.25) is 9.36 Å². The van der Waals surface area contributed by atoms with E-state index in [1.165, 1.54) is 17.8 Å². The Kier molecular flexibility index (Phi) is 8.34. The molecule has 0 N–H and O–H groups in total. The van der Waals surface area contributed by atoms with Gasteiger partial charge in [-0.1, -0.05) is 50.1 Å². The molecule has 0 spiro atoms. The van der Waals surface area contributed by atoms with Gasteiger partial charge in [-0.2, -0.15) is 0 Å². The van der Waals surface area contributed by atoms with Crippen LogP contribution in [0.25, 0.3) is 10.2 Å². The maximum absolute atomic E-state index is 14.2. The van der Waals surface area contributed by atoms with Gasteiger partial charge in [0.2, 0.25) is 0 Å². The summed E-state index contributed by atoms with van der Waals surface area (Å²) in [6, 6.07) is 9.84. The Bertz CT molecular complexity index is 1460. The standard InChI is InChI=1S/C30H39BN2O5S/c1-18-13-11-12-16-21(18)37-22(20-14-9-8-10-15-20)17-32-26-23(19(2)24(31)39-26)25(34)33(28(32)36)30(6,7)27(35)38-29(3,4)5/h8-10,14-15,18,21-22H,11-13,16-17H2,1-7H3/t18-,21-,22?/m0/s1. The fraction of sp³-hybridized carbons (Fsp3) is 0.567. The lowest BCUT2D eigenvalue weighted by Crippen LogP contribution is -2.54. The molecule has 1 saturated carbocycles. The number of nitrogens with zero attached hydrogens (tertiary/aromatic N) is 2. The SMILES string of the molecule is [B]c1sc2c(c1C)c(=O)n(C(C)(C)C(=O)OC(C)(C)C)c(=O)n2CC(O[C@H]1CCCC[C@@H]1C)c1ccccc1. The maximum atomic E-state index is 14.2. The molecule has 39 heavy (non-hydrogen) atoms. The summed E-state index contributed by atoms with van der Waals surface area (Å²) in [6.07, 6.45) is 3.99. The number of ether oxygens (including phenoxy) is 2. The Morgan fingerprint density at radius 2 is 1.74 bits per heavy atom. The van der Waals surface area contributed by atoms with E-state index >= 15 is 0 Å². The van der Waals surface area contributed by atoms with Crippen molar-refractivity contribution in [1.82, 2.24) is 9.13 Å². The first-order chi connectivity index (χ1) is 18.2. The van der Waals surface area contributed by atoms with Crippen LogP contribution in [0.1, 0.15) is 84.5 Å². The maximum Gasteiger partial charge on any atom is 0.333 e. The highest BCUT2D eigenvalue weighted by molar-refractivity contribution is 7.26. The monoisotopic (exact) mass is 550 g/mol. The van der Waals surface area contributed by atoms with Crippen molar-refractivity contribution < 1.29 is 14.3 Å². The summed E-state index contributed by atoms with van der Waals surface area (Å²) in [4.78, 5) is 41.8. The number of rotatable bonds is 7. The van der Waals surface area contributed by atoms with Crippen molar-refractivity contribution in [2.45, 2.75) is 104 Å². The van der Waals surface area contributed by atoms with E-state index in [0.717, 1.165) is 29.4 Å². The minimum atomic E-state index is -1.55. The predicted molar refractivity (Wildman–Crippen MR) is 157 cm³/mol. The fourth-order valence-corrected chi connectivity index (χ4v) is 6.34. The molecule has 7 nitrogen and oxygen atoms in total. The van der Waals surface area contributed by atoms with E-state index < -0.39 is 34.5 Å². The summed E-state index contributed by atoms with van der Waals surface area (Å²) in [6.45, 7) is 12.5. The molecule has 3 aromatic rings. The molecule has 2 heterocycles. The van der Waals surface area contributed by atoms with Gasteiger partial charge in [0.15, 0.2) is 0 Å². The molecule has 2 aromatic heterocycles. The lowest BCUT2D eigenvalue weighted by atomic mass is 9.87.